The summed E-state index contributed by atoms with van der Waals surface area (Å²) >= 11 is 0. The average Bonchev–Trinajstić information content (AvgIpc) is 2.03. The van der Waals surface area contributed by atoms with Crippen molar-refractivity contribution in [1.82, 2.24) is 0 Å². The standard InChI is InChI=1S/C10H10/c1-2-3-7-10-8-5-4-6-9-10/h3,5,7-9H,2H2,1H3. The van der Waals surface area contributed by atoms with Gasteiger partial charge in [-0.25, -0.2) is 0 Å². The van der Waals surface area contributed by atoms with Crippen molar-refractivity contribution in [1.29, 1.82) is 0 Å². The van der Waals surface area contributed by atoms with E-state index in [1.807, 2.05) is 18.2 Å². The third kappa shape index (κ3) is 1.95. The monoisotopic (exact) mass is 130 g/mol. The normalized spacial score (nSPS) is 9.70. The maximum atomic E-state index is 2.89. The SMILES string of the molecule is CCC=Cc1cc#ccc1. The van der Waals surface area contributed by atoms with Crippen LogP contribution in [0.25, 0.3) is 6.08 Å². The molecule has 1 aromatic rings. The van der Waals surface area contributed by atoms with Gasteiger partial charge < -0.3 is 0 Å². The highest BCUT2D eigenvalue weighted by atomic mass is 13.8. The van der Waals surface area contributed by atoms with Crippen LogP contribution in [0.15, 0.2) is 24.3 Å². The molecule has 1 aromatic carbocycles. The molecule has 0 heterocycles. The van der Waals surface area contributed by atoms with Crippen LogP contribution in [-0.4, -0.2) is 0 Å². The van der Waals surface area contributed by atoms with Gasteiger partial charge in [0.1, 0.15) is 0 Å². The molecule has 0 atom stereocenters. The zero-order valence-corrected chi connectivity index (χ0v) is 6.09. The Hall–Kier alpha value is -1.22. The van der Waals surface area contributed by atoms with Gasteiger partial charge in [-0.2, -0.15) is 0 Å². The van der Waals surface area contributed by atoms with E-state index in [0.29, 0.717) is 0 Å². The lowest BCUT2D eigenvalue weighted by molar-refractivity contribution is 1.23. The van der Waals surface area contributed by atoms with E-state index in [2.05, 4.69) is 31.2 Å². The van der Waals surface area contributed by atoms with Crippen molar-refractivity contribution in [3.63, 3.8) is 0 Å². The van der Waals surface area contributed by atoms with Gasteiger partial charge >= 0.3 is 0 Å². The van der Waals surface area contributed by atoms with Crippen LogP contribution in [0, 0.1) is 12.1 Å². The fourth-order valence-corrected chi connectivity index (χ4v) is 0.717. The first-order chi connectivity index (χ1) is 4.93. The topological polar surface area (TPSA) is 0 Å². The molecule has 0 aliphatic heterocycles. The minimum absolute atomic E-state index is 1.08. The number of rotatable bonds is 2. The van der Waals surface area contributed by atoms with Gasteiger partial charge in [0, 0.05) is 0 Å². The van der Waals surface area contributed by atoms with Gasteiger partial charge in [-0.05, 0) is 30.2 Å². The fourth-order valence-electron chi connectivity index (χ4n) is 0.717. The number of allylic oxidation sites excluding steroid dienone is 1. The van der Waals surface area contributed by atoms with Gasteiger partial charge in [0.15, 0.2) is 0 Å². The summed E-state index contributed by atoms with van der Waals surface area (Å²) in [5.74, 6) is 0. The Morgan fingerprint density at radius 3 is 3.00 bits per heavy atom. The highest BCUT2D eigenvalue weighted by Crippen LogP contribution is 1.98. The van der Waals surface area contributed by atoms with E-state index in [4.69, 9.17) is 0 Å². The van der Waals surface area contributed by atoms with E-state index in [1.54, 1.807) is 0 Å². The smallest absolute Gasteiger partial charge is 0.00426 e. The molecule has 0 radical (unpaired) electrons. The quantitative estimate of drug-likeness (QED) is 0.577. The molecular formula is C10H10. The molecule has 0 amide bonds. The molecule has 0 bridgehead atoms. The molecule has 1 rings (SSSR count). The first-order valence-corrected chi connectivity index (χ1v) is 3.48. The highest BCUT2D eigenvalue weighted by molar-refractivity contribution is 5.47. The van der Waals surface area contributed by atoms with E-state index in [1.165, 1.54) is 5.56 Å². The lowest BCUT2D eigenvalue weighted by Gasteiger charge is -1.84. The van der Waals surface area contributed by atoms with Crippen molar-refractivity contribution in [2.45, 2.75) is 13.3 Å². The Morgan fingerprint density at radius 2 is 2.40 bits per heavy atom. The summed E-state index contributed by atoms with van der Waals surface area (Å²) in [6, 6.07) is 11.6. The molecule has 10 heavy (non-hydrogen) atoms. The summed E-state index contributed by atoms with van der Waals surface area (Å²) in [4.78, 5) is 0. The van der Waals surface area contributed by atoms with Crippen LogP contribution in [0.3, 0.4) is 0 Å². The van der Waals surface area contributed by atoms with Crippen LogP contribution in [0.2, 0.25) is 0 Å². The molecule has 0 fully saturated rings. The summed E-state index contributed by atoms with van der Waals surface area (Å²) in [5, 5.41) is 0. The summed E-state index contributed by atoms with van der Waals surface area (Å²) in [6.07, 6.45) is 5.30. The third-order valence-electron chi connectivity index (χ3n) is 1.23. The van der Waals surface area contributed by atoms with E-state index in [0.717, 1.165) is 6.42 Å². The molecule has 0 spiro atoms. The summed E-state index contributed by atoms with van der Waals surface area (Å²) in [6.45, 7) is 2.12. The van der Waals surface area contributed by atoms with Gasteiger partial charge in [0.25, 0.3) is 0 Å². The molecule has 0 N–H and O–H groups in total. The Balaban J connectivity index is 2.67. The third-order valence-corrected chi connectivity index (χ3v) is 1.23. The lowest BCUT2D eigenvalue weighted by Crippen LogP contribution is -1.64. The van der Waals surface area contributed by atoms with Crippen LogP contribution in [0.1, 0.15) is 18.9 Å². The van der Waals surface area contributed by atoms with Crippen molar-refractivity contribution in [2.24, 2.45) is 0 Å². The minimum Gasteiger partial charge on any atom is -0.0842 e. The van der Waals surface area contributed by atoms with Crippen LogP contribution in [0.5, 0.6) is 0 Å². The first-order valence-electron chi connectivity index (χ1n) is 3.48. The molecule has 0 nitrogen and oxygen atoms in total. The zero-order valence-electron chi connectivity index (χ0n) is 6.09. The van der Waals surface area contributed by atoms with Crippen LogP contribution in [-0.2, 0) is 0 Å². The fraction of sp³-hybridized carbons (Fsp3) is 0.200. The number of hydrogen-bond donors (Lipinski definition) is 0. The predicted molar refractivity (Wildman–Crippen MR) is 43.4 cm³/mol. The Kier molecular flexibility index (Phi) is 2.58. The summed E-state index contributed by atoms with van der Waals surface area (Å²) < 4.78 is 0. The maximum absolute atomic E-state index is 2.89. The lowest BCUT2D eigenvalue weighted by atomic mass is 10.2. The Bertz CT molecular complexity index is 197. The van der Waals surface area contributed by atoms with Gasteiger partial charge in [0.05, 0.1) is 0 Å². The van der Waals surface area contributed by atoms with Gasteiger partial charge in [-0.3, -0.25) is 0 Å². The van der Waals surface area contributed by atoms with Crippen molar-refractivity contribution >= 4 is 6.08 Å². The highest BCUT2D eigenvalue weighted by Gasteiger charge is 1.77. The Morgan fingerprint density at radius 1 is 1.50 bits per heavy atom. The van der Waals surface area contributed by atoms with E-state index in [-0.39, 0.29) is 0 Å². The summed E-state index contributed by atoms with van der Waals surface area (Å²) in [7, 11) is 0. The van der Waals surface area contributed by atoms with Crippen LogP contribution >= 0.6 is 0 Å². The molecule has 0 aliphatic rings. The molecule has 0 unspecified atom stereocenters. The molecule has 0 aliphatic carbocycles. The van der Waals surface area contributed by atoms with Gasteiger partial charge in [-0.15, -0.1) is 0 Å². The van der Waals surface area contributed by atoms with Gasteiger partial charge in [-0.1, -0.05) is 31.2 Å². The van der Waals surface area contributed by atoms with Crippen molar-refractivity contribution < 1.29 is 0 Å². The second kappa shape index (κ2) is 3.74. The maximum Gasteiger partial charge on any atom is -0.00426 e. The average molecular weight is 130 g/mol. The Labute approximate surface area is 62.2 Å². The molecule has 0 saturated heterocycles. The second-order valence-corrected chi connectivity index (χ2v) is 2.08. The van der Waals surface area contributed by atoms with Crippen molar-refractivity contribution in [3.8, 4) is 0 Å². The first kappa shape index (κ1) is 6.89. The molecule has 50 valence electrons. The van der Waals surface area contributed by atoms with Gasteiger partial charge in [0.2, 0.25) is 0 Å². The summed E-state index contributed by atoms with van der Waals surface area (Å²) in [5.41, 5.74) is 1.20. The van der Waals surface area contributed by atoms with E-state index in [9.17, 15) is 0 Å². The zero-order chi connectivity index (χ0) is 7.23. The molecule has 0 aromatic heterocycles. The van der Waals surface area contributed by atoms with E-state index >= 15 is 0 Å². The van der Waals surface area contributed by atoms with Crippen LogP contribution < -0.4 is 0 Å². The van der Waals surface area contributed by atoms with Crippen LogP contribution in [0.4, 0.5) is 0 Å². The molecule has 0 saturated carbocycles. The predicted octanol–water partition coefficient (Wildman–Crippen LogP) is 2.71. The second-order valence-electron chi connectivity index (χ2n) is 2.08. The molecule has 0 heteroatoms. The number of hydrogen-bond acceptors (Lipinski definition) is 0. The van der Waals surface area contributed by atoms with E-state index < -0.39 is 0 Å². The molecular weight excluding hydrogens is 120 g/mol. The minimum atomic E-state index is 1.08. The largest absolute Gasteiger partial charge is 0.0842 e. The van der Waals surface area contributed by atoms with Crippen molar-refractivity contribution in [2.75, 3.05) is 0 Å². The van der Waals surface area contributed by atoms with Crippen molar-refractivity contribution in [3.05, 3.63) is 42.0 Å².